The summed E-state index contributed by atoms with van der Waals surface area (Å²) < 4.78 is 5.27. The van der Waals surface area contributed by atoms with Gasteiger partial charge in [0.25, 0.3) is 0 Å². The second-order valence-corrected chi connectivity index (χ2v) is 8.09. The number of carbonyl (C=O) groups is 1. The van der Waals surface area contributed by atoms with E-state index in [4.69, 9.17) is 9.57 Å². The molecule has 0 aromatic heterocycles. The van der Waals surface area contributed by atoms with Crippen molar-refractivity contribution in [2.24, 2.45) is 22.4 Å². The number of carbonyl (C=O) groups excluding carboxylic acids is 1. The topological polar surface area (TPSA) is 47.9 Å². The van der Waals surface area contributed by atoms with E-state index >= 15 is 0 Å². The Balaban J connectivity index is 1.62. The molecule has 0 bridgehead atoms. The van der Waals surface area contributed by atoms with Gasteiger partial charge in [-0.05, 0) is 79.5 Å². The number of hydrogen-bond donors (Lipinski definition) is 0. The van der Waals surface area contributed by atoms with Crippen LogP contribution in [0.3, 0.4) is 0 Å². The molecule has 2 saturated carbocycles. The van der Waals surface area contributed by atoms with Gasteiger partial charge < -0.3 is 9.57 Å². The monoisotopic (exact) mass is 341 g/mol. The summed E-state index contributed by atoms with van der Waals surface area (Å²) in [4.78, 5) is 16.3. The summed E-state index contributed by atoms with van der Waals surface area (Å²) in [7, 11) is 1.66. The van der Waals surface area contributed by atoms with Gasteiger partial charge in [-0.25, -0.2) is 0 Å². The molecule has 0 unspecified atom stereocenters. The predicted molar refractivity (Wildman–Crippen MR) is 96.8 cm³/mol. The zero-order chi connectivity index (χ0) is 17.6. The SMILES string of the molecule is CO/N=C1\CC[C@H]2[C@@H]3CCc4cc(OC(C)=O)ccc4[C@H]3CC[C@]12C. The molecule has 2 fully saturated rings. The van der Waals surface area contributed by atoms with Crippen molar-refractivity contribution in [3.05, 3.63) is 29.3 Å². The molecule has 134 valence electrons. The Hall–Kier alpha value is -1.84. The quantitative estimate of drug-likeness (QED) is 0.453. The maximum atomic E-state index is 11.2. The Kier molecular flexibility index (Phi) is 4.09. The zero-order valence-corrected chi connectivity index (χ0v) is 15.4. The Morgan fingerprint density at radius 2 is 2.08 bits per heavy atom. The minimum atomic E-state index is -0.252. The minimum absolute atomic E-state index is 0.215. The number of benzene rings is 1. The summed E-state index contributed by atoms with van der Waals surface area (Å²) in [6.07, 6.45) is 7.01. The summed E-state index contributed by atoms with van der Waals surface area (Å²) in [6.45, 7) is 3.86. The van der Waals surface area contributed by atoms with Gasteiger partial charge in [0.2, 0.25) is 0 Å². The Bertz CT molecular complexity index is 726. The van der Waals surface area contributed by atoms with E-state index in [1.165, 1.54) is 49.4 Å². The van der Waals surface area contributed by atoms with Gasteiger partial charge in [-0.2, -0.15) is 0 Å². The van der Waals surface area contributed by atoms with Crippen molar-refractivity contribution in [2.75, 3.05) is 7.11 Å². The van der Waals surface area contributed by atoms with Gasteiger partial charge in [0, 0.05) is 12.3 Å². The molecule has 0 saturated heterocycles. The molecule has 4 nitrogen and oxygen atoms in total. The zero-order valence-electron chi connectivity index (χ0n) is 15.4. The molecule has 1 aromatic carbocycles. The smallest absolute Gasteiger partial charge is 0.308 e. The first-order valence-electron chi connectivity index (χ1n) is 9.44. The molecule has 1 aromatic rings. The van der Waals surface area contributed by atoms with Crippen molar-refractivity contribution in [1.29, 1.82) is 0 Å². The van der Waals surface area contributed by atoms with E-state index in [0.717, 1.165) is 18.8 Å². The number of esters is 1. The molecule has 0 heterocycles. The van der Waals surface area contributed by atoms with E-state index in [-0.39, 0.29) is 11.4 Å². The third kappa shape index (κ3) is 2.66. The van der Waals surface area contributed by atoms with Crippen molar-refractivity contribution >= 4 is 11.7 Å². The van der Waals surface area contributed by atoms with Gasteiger partial charge in [-0.15, -0.1) is 0 Å². The minimum Gasteiger partial charge on any atom is -0.427 e. The molecule has 3 aliphatic rings. The van der Waals surface area contributed by atoms with E-state index in [1.54, 1.807) is 7.11 Å². The molecule has 0 aliphatic heterocycles. The van der Waals surface area contributed by atoms with Crippen molar-refractivity contribution in [3.63, 3.8) is 0 Å². The number of nitrogens with zero attached hydrogens (tertiary/aromatic N) is 1. The number of aryl methyl sites for hydroxylation is 1. The van der Waals surface area contributed by atoms with Gasteiger partial charge >= 0.3 is 5.97 Å². The maximum Gasteiger partial charge on any atom is 0.308 e. The first-order chi connectivity index (χ1) is 12.0. The predicted octanol–water partition coefficient (Wildman–Crippen LogP) is 4.47. The molecule has 4 atom stereocenters. The van der Waals surface area contributed by atoms with Crippen LogP contribution < -0.4 is 4.74 Å². The van der Waals surface area contributed by atoms with Gasteiger partial charge in [0.05, 0.1) is 5.71 Å². The summed E-state index contributed by atoms with van der Waals surface area (Å²) >= 11 is 0. The fourth-order valence-electron chi connectivity index (χ4n) is 5.84. The van der Waals surface area contributed by atoms with Crippen LogP contribution in [0.25, 0.3) is 0 Å². The van der Waals surface area contributed by atoms with Gasteiger partial charge in [-0.3, -0.25) is 4.79 Å². The van der Waals surface area contributed by atoms with Gasteiger partial charge in [0.1, 0.15) is 12.9 Å². The Morgan fingerprint density at radius 3 is 2.84 bits per heavy atom. The fourth-order valence-corrected chi connectivity index (χ4v) is 5.84. The molecule has 0 N–H and O–H groups in total. The van der Waals surface area contributed by atoms with Crippen LogP contribution in [0.1, 0.15) is 63.0 Å². The normalized spacial score (nSPS) is 34.8. The van der Waals surface area contributed by atoms with Crippen molar-refractivity contribution in [3.8, 4) is 5.75 Å². The molecular formula is C21H27NO3. The highest BCUT2D eigenvalue weighted by Gasteiger charge is 2.53. The lowest BCUT2D eigenvalue weighted by molar-refractivity contribution is -0.131. The average molecular weight is 341 g/mol. The third-order valence-corrected chi connectivity index (χ3v) is 6.90. The second-order valence-electron chi connectivity index (χ2n) is 8.09. The number of oxime groups is 1. The highest BCUT2D eigenvalue weighted by Crippen LogP contribution is 2.60. The van der Waals surface area contributed by atoms with Crippen LogP contribution in [0.5, 0.6) is 5.75 Å². The van der Waals surface area contributed by atoms with Gasteiger partial charge in [-0.1, -0.05) is 18.1 Å². The van der Waals surface area contributed by atoms with Crippen LogP contribution in [0.15, 0.2) is 23.4 Å². The first-order valence-corrected chi connectivity index (χ1v) is 9.44. The largest absolute Gasteiger partial charge is 0.427 e. The summed E-state index contributed by atoms with van der Waals surface area (Å²) in [6, 6.07) is 6.24. The molecule has 3 aliphatic carbocycles. The molecule has 0 radical (unpaired) electrons. The molecule has 0 spiro atoms. The summed E-state index contributed by atoms with van der Waals surface area (Å²) in [5, 5.41) is 4.37. The van der Waals surface area contributed by atoms with E-state index in [0.29, 0.717) is 17.6 Å². The lowest BCUT2D eigenvalue weighted by Gasteiger charge is -2.49. The van der Waals surface area contributed by atoms with Crippen LogP contribution in [-0.4, -0.2) is 18.8 Å². The summed E-state index contributed by atoms with van der Waals surface area (Å²) in [5.41, 5.74) is 4.33. The third-order valence-electron chi connectivity index (χ3n) is 6.90. The lowest BCUT2D eigenvalue weighted by atomic mass is 9.55. The molecule has 4 rings (SSSR count). The van der Waals surface area contributed by atoms with Crippen molar-refractivity contribution < 1.29 is 14.4 Å². The Labute approximate surface area is 149 Å². The van der Waals surface area contributed by atoms with E-state index in [9.17, 15) is 4.79 Å². The van der Waals surface area contributed by atoms with Crippen LogP contribution in [0.2, 0.25) is 0 Å². The first kappa shape index (κ1) is 16.6. The highest BCUT2D eigenvalue weighted by atomic mass is 16.6. The standard InChI is InChI=1S/C21H27NO3/c1-13(23)25-15-5-7-16-14(12-15)4-6-18-17(16)10-11-21(2)19(18)8-9-20(21)22-24-3/h5,7,12,17-19H,4,6,8-11H2,1-3H3/b22-20+/t17-,18-,19+,21+/m1/s1. The van der Waals surface area contributed by atoms with Crippen molar-refractivity contribution in [1.82, 2.24) is 0 Å². The highest BCUT2D eigenvalue weighted by molar-refractivity contribution is 5.92. The van der Waals surface area contributed by atoms with Crippen LogP contribution in [-0.2, 0) is 16.1 Å². The fraction of sp³-hybridized carbons (Fsp3) is 0.619. The summed E-state index contributed by atoms with van der Waals surface area (Å²) in [5.74, 6) is 2.51. The van der Waals surface area contributed by atoms with E-state index < -0.39 is 0 Å². The lowest BCUT2D eigenvalue weighted by Crippen LogP contribution is -2.42. The Morgan fingerprint density at radius 1 is 1.24 bits per heavy atom. The number of rotatable bonds is 2. The number of fused-ring (bicyclic) bond motifs is 5. The average Bonchev–Trinajstić information content (AvgIpc) is 2.91. The molecule has 25 heavy (non-hydrogen) atoms. The van der Waals surface area contributed by atoms with E-state index in [2.05, 4.69) is 24.2 Å². The van der Waals surface area contributed by atoms with Crippen LogP contribution in [0.4, 0.5) is 0 Å². The van der Waals surface area contributed by atoms with Crippen LogP contribution in [0, 0.1) is 17.3 Å². The molecule has 4 heteroatoms. The number of ether oxygens (including phenoxy) is 1. The number of hydrogen-bond acceptors (Lipinski definition) is 4. The second kappa shape index (κ2) is 6.15. The molecular weight excluding hydrogens is 314 g/mol. The maximum absolute atomic E-state index is 11.2. The van der Waals surface area contributed by atoms with Crippen molar-refractivity contribution in [2.45, 2.75) is 58.3 Å². The molecule has 0 amide bonds. The van der Waals surface area contributed by atoms with Crippen LogP contribution >= 0.6 is 0 Å². The van der Waals surface area contributed by atoms with E-state index in [1.807, 2.05) is 6.07 Å². The van der Waals surface area contributed by atoms with Gasteiger partial charge in [0.15, 0.2) is 0 Å².